The van der Waals surface area contributed by atoms with Crippen molar-refractivity contribution < 1.29 is 8.42 Å². The topological polar surface area (TPSA) is 64.7 Å². The highest BCUT2D eigenvalue weighted by molar-refractivity contribution is 7.87. The van der Waals surface area contributed by atoms with Crippen LogP contribution in [0.15, 0.2) is 30.3 Å². The van der Waals surface area contributed by atoms with Crippen LogP contribution in [0.5, 0.6) is 0 Å². The number of nitrogens with one attached hydrogen (secondary N) is 2. The second kappa shape index (κ2) is 8.75. The maximum absolute atomic E-state index is 12.1. The molecule has 0 aromatic heterocycles. The first-order valence-electron chi connectivity index (χ1n) is 8.21. The standard InChI is InChI=1S/C16H28N4O2S/c1-3-16(20-11-9-19(2)10-12-20)14-18-23(21,22)17-13-15-7-5-4-6-8-15/h4-8,16-18H,3,9-14H2,1-2H3/t16-/m1/s1. The van der Waals surface area contributed by atoms with E-state index in [2.05, 4.69) is 33.2 Å². The predicted octanol–water partition coefficient (Wildman–Crippen LogP) is 0.637. The second-order valence-electron chi connectivity index (χ2n) is 6.06. The molecule has 23 heavy (non-hydrogen) atoms. The predicted molar refractivity (Wildman–Crippen MR) is 93.4 cm³/mol. The van der Waals surface area contributed by atoms with Gasteiger partial charge in [-0.2, -0.15) is 13.1 Å². The van der Waals surface area contributed by atoms with E-state index in [1.807, 2.05) is 30.3 Å². The molecule has 1 aliphatic heterocycles. The largest absolute Gasteiger partial charge is 0.304 e. The van der Waals surface area contributed by atoms with Crippen molar-refractivity contribution in [1.82, 2.24) is 19.2 Å². The van der Waals surface area contributed by atoms with E-state index in [9.17, 15) is 8.42 Å². The van der Waals surface area contributed by atoms with Gasteiger partial charge in [0.25, 0.3) is 10.2 Å². The Balaban J connectivity index is 1.80. The zero-order valence-corrected chi connectivity index (χ0v) is 14.8. The van der Waals surface area contributed by atoms with Gasteiger partial charge >= 0.3 is 0 Å². The third-order valence-electron chi connectivity index (χ3n) is 4.34. The van der Waals surface area contributed by atoms with Crippen molar-refractivity contribution in [3.8, 4) is 0 Å². The summed E-state index contributed by atoms with van der Waals surface area (Å²) in [4.78, 5) is 4.68. The van der Waals surface area contributed by atoms with Crippen LogP contribution in [-0.2, 0) is 16.8 Å². The van der Waals surface area contributed by atoms with Crippen LogP contribution in [0.3, 0.4) is 0 Å². The van der Waals surface area contributed by atoms with Gasteiger partial charge in [-0.25, -0.2) is 4.72 Å². The van der Waals surface area contributed by atoms with Crippen LogP contribution < -0.4 is 9.44 Å². The Hall–Kier alpha value is -0.990. The molecule has 1 heterocycles. The minimum atomic E-state index is -3.47. The average molecular weight is 340 g/mol. The Morgan fingerprint density at radius 3 is 2.35 bits per heavy atom. The first-order valence-corrected chi connectivity index (χ1v) is 9.69. The number of benzene rings is 1. The molecule has 0 aliphatic carbocycles. The van der Waals surface area contributed by atoms with Crippen LogP contribution in [0, 0.1) is 0 Å². The summed E-state index contributed by atoms with van der Waals surface area (Å²) < 4.78 is 29.5. The maximum Gasteiger partial charge on any atom is 0.277 e. The number of piperazine rings is 1. The lowest BCUT2D eigenvalue weighted by Crippen LogP contribution is -2.53. The molecule has 1 saturated heterocycles. The summed E-state index contributed by atoms with van der Waals surface area (Å²) in [6.07, 6.45) is 0.935. The monoisotopic (exact) mass is 340 g/mol. The van der Waals surface area contributed by atoms with E-state index in [0.717, 1.165) is 38.2 Å². The lowest BCUT2D eigenvalue weighted by Gasteiger charge is -2.37. The molecule has 2 N–H and O–H groups in total. The molecule has 0 amide bonds. The Bertz CT molecular complexity index is 557. The summed E-state index contributed by atoms with van der Waals surface area (Å²) in [6, 6.07) is 9.77. The summed E-state index contributed by atoms with van der Waals surface area (Å²) in [6.45, 7) is 6.92. The number of hydrogen-bond acceptors (Lipinski definition) is 4. The summed E-state index contributed by atoms with van der Waals surface area (Å²) in [5.74, 6) is 0. The molecule has 1 fully saturated rings. The highest BCUT2D eigenvalue weighted by Crippen LogP contribution is 2.08. The number of hydrogen-bond donors (Lipinski definition) is 2. The fourth-order valence-electron chi connectivity index (χ4n) is 2.75. The van der Waals surface area contributed by atoms with Crippen LogP contribution in [0.1, 0.15) is 18.9 Å². The van der Waals surface area contributed by atoms with Gasteiger partial charge in [-0.3, -0.25) is 4.90 Å². The quantitative estimate of drug-likeness (QED) is 0.729. The molecule has 1 aromatic rings. The molecule has 1 aromatic carbocycles. The molecule has 0 radical (unpaired) electrons. The van der Waals surface area contributed by atoms with E-state index in [4.69, 9.17) is 0 Å². The van der Waals surface area contributed by atoms with E-state index in [1.54, 1.807) is 0 Å². The molecule has 0 saturated carbocycles. The van der Waals surface area contributed by atoms with E-state index in [1.165, 1.54) is 0 Å². The summed E-state index contributed by atoms with van der Waals surface area (Å²) in [5.41, 5.74) is 0.948. The molecule has 1 atom stereocenters. The zero-order valence-electron chi connectivity index (χ0n) is 14.0. The van der Waals surface area contributed by atoms with Crippen LogP contribution >= 0.6 is 0 Å². The third-order valence-corrected chi connectivity index (χ3v) is 5.41. The molecular weight excluding hydrogens is 312 g/mol. The van der Waals surface area contributed by atoms with E-state index in [-0.39, 0.29) is 6.04 Å². The SMILES string of the molecule is CC[C@H](CNS(=O)(=O)NCc1ccccc1)N1CCN(C)CC1. The van der Waals surface area contributed by atoms with Crippen LogP contribution in [0.4, 0.5) is 0 Å². The van der Waals surface area contributed by atoms with E-state index in [0.29, 0.717) is 13.1 Å². The van der Waals surface area contributed by atoms with Crippen molar-refractivity contribution in [2.45, 2.75) is 25.9 Å². The zero-order chi connectivity index (χ0) is 16.7. The Kier molecular flexibility index (Phi) is 6.98. The fraction of sp³-hybridized carbons (Fsp3) is 0.625. The minimum absolute atomic E-state index is 0.247. The van der Waals surface area contributed by atoms with Gasteiger partial charge in [0.05, 0.1) is 0 Å². The Morgan fingerprint density at radius 1 is 1.09 bits per heavy atom. The summed E-state index contributed by atoms with van der Waals surface area (Å²) in [5, 5.41) is 0. The van der Waals surface area contributed by atoms with Crippen LogP contribution in [0.2, 0.25) is 0 Å². The maximum atomic E-state index is 12.1. The highest BCUT2D eigenvalue weighted by atomic mass is 32.2. The molecule has 0 bridgehead atoms. The van der Waals surface area contributed by atoms with Crippen molar-refractivity contribution >= 4 is 10.2 Å². The van der Waals surface area contributed by atoms with Gasteiger partial charge < -0.3 is 4.90 Å². The van der Waals surface area contributed by atoms with Gasteiger partial charge in [-0.05, 0) is 19.0 Å². The van der Waals surface area contributed by atoms with Crippen LogP contribution in [0.25, 0.3) is 0 Å². The van der Waals surface area contributed by atoms with Crippen molar-refractivity contribution in [1.29, 1.82) is 0 Å². The van der Waals surface area contributed by atoms with Crippen molar-refractivity contribution in [3.63, 3.8) is 0 Å². The highest BCUT2D eigenvalue weighted by Gasteiger charge is 2.22. The van der Waals surface area contributed by atoms with E-state index >= 15 is 0 Å². The van der Waals surface area contributed by atoms with Crippen molar-refractivity contribution in [3.05, 3.63) is 35.9 Å². The first kappa shape index (κ1) is 18.4. The minimum Gasteiger partial charge on any atom is -0.304 e. The Morgan fingerprint density at radius 2 is 1.74 bits per heavy atom. The Labute approximate surface area is 140 Å². The molecule has 7 heteroatoms. The molecule has 1 aliphatic rings. The third kappa shape index (κ3) is 6.19. The summed E-state index contributed by atoms with van der Waals surface area (Å²) >= 11 is 0. The number of rotatable bonds is 8. The fourth-order valence-corrected chi connectivity index (χ4v) is 3.62. The molecule has 0 spiro atoms. The molecule has 2 rings (SSSR count). The molecular formula is C16H28N4O2S. The van der Waals surface area contributed by atoms with E-state index < -0.39 is 10.2 Å². The van der Waals surface area contributed by atoms with Gasteiger partial charge in [0.1, 0.15) is 0 Å². The van der Waals surface area contributed by atoms with Crippen molar-refractivity contribution in [2.24, 2.45) is 0 Å². The van der Waals surface area contributed by atoms with Gasteiger partial charge in [0.15, 0.2) is 0 Å². The molecule has 130 valence electrons. The second-order valence-corrected chi connectivity index (χ2v) is 7.64. The summed E-state index contributed by atoms with van der Waals surface area (Å²) in [7, 11) is -1.35. The van der Waals surface area contributed by atoms with Gasteiger partial charge in [0.2, 0.25) is 0 Å². The van der Waals surface area contributed by atoms with Crippen LogP contribution in [-0.4, -0.2) is 64.0 Å². The normalized spacial score (nSPS) is 18.9. The average Bonchev–Trinajstić information content (AvgIpc) is 2.56. The molecule has 0 unspecified atom stereocenters. The number of nitrogens with zero attached hydrogens (tertiary/aromatic N) is 2. The molecule has 6 nitrogen and oxygen atoms in total. The van der Waals surface area contributed by atoms with Gasteiger partial charge in [-0.1, -0.05) is 37.3 Å². The van der Waals surface area contributed by atoms with Gasteiger partial charge in [-0.15, -0.1) is 0 Å². The number of likely N-dealkylation sites (N-methyl/N-ethyl adjacent to an activating group) is 1. The first-order chi connectivity index (χ1) is 11.0. The lowest BCUT2D eigenvalue weighted by molar-refractivity contribution is 0.110. The van der Waals surface area contributed by atoms with Gasteiger partial charge in [0, 0.05) is 45.3 Å². The smallest absolute Gasteiger partial charge is 0.277 e. The van der Waals surface area contributed by atoms with Crippen molar-refractivity contribution in [2.75, 3.05) is 39.8 Å². The lowest BCUT2D eigenvalue weighted by atomic mass is 10.1.